The fraction of sp³-hybridized carbons (Fsp3) is 0.133. The van der Waals surface area contributed by atoms with Crippen molar-refractivity contribution in [1.82, 2.24) is 0 Å². The molecule has 2 aromatic carbocycles. The van der Waals surface area contributed by atoms with Crippen LogP contribution in [0.4, 0.5) is 14.5 Å². The van der Waals surface area contributed by atoms with Gasteiger partial charge in [0.2, 0.25) is 0 Å². The molecule has 0 saturated heterocycles. The van der Waals surface area contributed by atoms with Crippen LogP contribution in [0.2, 0.25) is 5.02 Å². The third-order valence-corrected chi connectivity index (χ3v) is 3.12. The number of halogens is 3. The van der Waals surface area contributed by atoms with Gasteiger partial charge in [-0.25, -0.2) is 13.6 Å². The lowest BCUT2D eigenvalue weighted by Crippen LogP contribution is -2.09. The van der Waals surface area contributed by atoms with Gasteiger partial charge in [-0.2, -0.15) is 0 Å². The Morgan fingerprint density at radius 1 is 1.29 bits per heavy atom. The Morgan fingerprint density at radius 3 is 2.76 bits per heavy atom. The van der Waals surface area contributed by atoms with Crippen LogP contribution in [0, 0.1) is 11.6 Å². The van der Waals surface area contributed by atoms with E-state index in [0.29, 0.717) is 10.7 Å². The van der Waals surface area contributed by atoms with Crippen molar-refractivity contribution in [2.24, 2.45) is 0 Å². The molecule has 2 rings (SSSR count). The Bertz CT molecular complexity index is 677. The number of hydrogen-bond donors (Lipinski definition) is 1. The summed E-state index contributed by atoms with van der Waals surface area (Å²) >= 11 is 5.88. The Kier molecular flexibility index (Phi) is 4.75. The van der Waals surface area contributed by atoms with E-state index in [-0.39, 0.29) is 17.7 Å². The van der Waals surface area contributed by atoms with Gasteiger partial charge in [0.1, 0.15) is 0 Å². The highest BCUT2D eigenvalue weighted by Gasteiger charge is 2.13. The zero-order valence-electron chi connectivity index (χ0n) is 11.1. The molecular formula is C15H12ClF2NO2. The summed E-state index contributed by atoms with van der Waals surface area (Å²) < 4.78 is 31.4. The smallest absolute Gasteiger partial charge is 0.339 e. The summed E-state index contributed by atoms with van der Waals surface area (Å²) in [5, 5.41) is 3.27. The van der Waals surface area contributed by atoms with Crippen LogP contribution in [-0.2, 0) is 11.3 Å². The molecular weight excluding hydrogens is 300 g/mol. The third kappa shape index (κ3) is 3.49. The molecule has 2 aromatic rings. The molecule has 0 atom stereocenters. The van der Waals surface area contributed by atoms with Crippen LogP contribution in [0.1, 0.15) is 15.9 Å². The van der Waals surface area contributed by atoms with E-state index in [1.54, 1.807) is 6.07 Å². The Labute approximate surface area is 125 Å². The Balaban J connectivity index is 2.25. The monoisotopic (exact) mass is 311 g/mol. The highest BCUT2D eigenvalue weighted by Crippen LogP contribution is 2.23. The van der Waals surface area contributed by atoms with Crippen LogP contribution in [0.3, 0.4) is 0 Å². The Hall–Kier alpha value is -2.14. The standard InChI is InChI=1S/C15H12ClF2NO2/c1-21-15(20)11-6-5-10(16)7-13(11)19-8-9-3-2-4-12(17)14(9)18/h2-7,19H,8H2,1H3. The number of nitrogens with one attached hydrogen (secondary N) is 1. The quantitative estimate of drug-likeness (QED) is 0.867. The van der Waals surface area contributed by atoms with E-state index < -0.39 is 17.6 Å². The van der Waals surface area contributed by atoms with Crippen molar-refractivity contribution in [3.8, 4) is 0 Å². The maximum absolute atomic E-state index is 13.6. The molecule has 0 amide bonds. The third-order valence-electron chi connectivity index (χ3n) is 2.89. The molecule has 0 aliphatic rings. The van der Waals surface area contributed by atoms with E-state index in [2.05, 4.69) is 10.1 Å². The molecule has 0 saturated carbocycles. The summed E-state index contributed by atoms with van der Waals surface area (Å²) in [4.78, 5) is 11.6. The minimum Gasteiger partial charge on any atom is -0.465 e. The number of carbonyl (C=O) groups excluding carboxylic acids is 1. The van der Waals surface area contributed by atoms with E-state index in [1.165, 1.54) is 31.4 Å². The van der Waals surface area contributed by atoms with Crippen molar-refractivity contribution >= 4 is 23.3 Å². The van der Waals surface area contributed by atoms with Crippen molar-refractivity contribution in [2.75, 3.05) is 12.4 Å². The molecule has 0 radical (unpaired) electrons. The number of hydrogen-bond acceptors (Lipinski definition) is 3. The first-order valence-electron chi connectivity index (χ1n) is 6.07. The van der Waals surface area contributed by atoms with Gasteiger partial charge in [0.15, 0.2) is 11.6 Å². The molecule has 0 unspecified atom stereocenters. The summed E-state index contributed by atoms with van der Waals surface area (Å²) in [6.45, 7) is 0.00787. The lowest BCUT2D eigenvalue weighted by Gasteiger charge is -2.12. The SMILES string of the molecule is COC(=O)c1ccc(Cl)cc1NCc1cccc(F)c1F. The normalized spacial score (nSPS) is 10.3. The molecule has 6 heteroatoms. The second kappa shape index (κ2) is 6.54. The van der Waals surface area contributed by atoms with Crippen LogP contribution in [0.15, 0.2) is 36.4 Å². The number of benzene rings is 2. The zero-order chi connectivity index (χ0) is 15.4. The fourth-order valence-corrected chi connectivity index (χ4v) is 2.00. The van der Waals surface area contributed by atoms with E-state index in [9.17, 15) is 13.6 Å². The van der Waals surface area contributed by atoms with Gasteiger partial charge in [-0.15, -0.1) is 0 Å². The average Bonchev–Trinajstić information content (AvgIpc) is 2.48. The fourth-order valence-electron chi connectivity index (χ4n) is 1.83. The molecule has 0 heterocycles. The highest BCUT2D eigenvalue weighted by atomic mass is 35.5. The van der Waals surface area contributed by atoms with Gasteiger partial charge in [0.25, 0.3) is 0 Å². The molecule has 0 aliphatic heterocycles. The molecule has 0 bridgehead atoms. The summed E-state index contributed by atoms with van der Waals surface area (Å²) in [5.74, 6) is -2.39. The summed E-state index contributed by atoms with van der Waals surface area (Å²) in [6, 6.07) is 8.46. The summed E-state index contributed by atoms with van der Waals surface area (Å²) in [5.41, 5.74) is 0.794. The summed E-state index contributed by atoms with van der Waals surface area (Å²) in [6.07, 6.45) is 0. The predicted octanol–water partition coefficient (Wildman–Crippen LogP) is 4.02. The first kappa shape index (κ1) is 15.3. The van der Waals surface area contributed by atoms with Crippen molar-refractivity contribution < 1.29 is 18.3 Å². The van der Waals surface area contributed by atoms with E-state index in [0.717, 1.165) is 6.07 Å². The minimum atomic E-state index is -0.924. The van der Waals surface area contributed by atoms with Crippen LogP contribution in [0.5, 0.6) is 0 Å². The maximum atomic E-state index is 13.6. The molecule has 0 fully saturated rings. The maximum Gasteiger partial charge on any atom is 0.339 e. The van der Waals surface area contributed by atoms with Crippen LogP contribution in [-0.4, -0.2) is 13.1 Å². The van der Waals surface area contributed by atoms with Crippen molar-refractivity contribution in [2.45, 2.75) is 6.54 Å². The van der Waals surface area contributed by atoms with E-state index in [1.807, 2.05) is 0 Å². The lowest BCUT2D eigenvalue weighted by molar-refractivity contribution is 0.0602. The first-order valence-corrected chi connectivity index (χ1v) is 6.45. The highest BCUT2D eigenvalue weighted by molar-refractivity contribution is 6.31. The van der Waals surface area contributed by atoms with E-state index in [4.69, 9.17) is 11.6 Å². The number of ether oxygens (including phenoxy) is 1. The van der Waals surface area contributed by atoms with Gasteiger partial charge in [-0.05, 0) is 24.3 Å². The van der Waals surface area contributed by atoms with Gasteiger partial charge in [-0.3, -0.25) is 0 Å². The van der Waals surface area contributed by atoms with Crippen LogP contribution in [0.25, 0.3) is 0 Å². The average molecular weight is 312 g/mol. The van der Waals surface area contributed by atoms with Crippen LogP contribution >= 0.6 is 11.6 Å². The topological polar surface area (TPSA) is 38.3 Å². The summed E-state index contributed by atoms with van der Waals surface area (Å²) in [7, 11) is 1.26. The van der Waals surface area contributed by atoms with Crippen molar-refractivity contribution in [1.29, 1.82) is 0 Å². The number of methoxy groups -OCH3 is 1. The molecule has 21 heavy (non-hydrogen) atoms. The van der Waals surface area contributed by atoms with Gasteiger partial charge >= 0.3 is 5.97 Å². The molecule has 0 aromatic heterocycles. The van der Waals surface area contributed by atoms with Crippen molar-refractivity contribution in [3.05, 3.63) is 64.2 Å². The minimum absolute atomic E-state index is 0.00787. The largest absolute Gasteiger partial charge is 0.465 e. The van der Waals surface area contributed by atoms with Gasteiger partial charge in [0.05, 0.1) is 18.4 Å². The second-order valence-electron chi connectivity index (χ2n) is 4.25. The lowest BCUT2D eigenvalue weighted by atomic mass is 10.1. The van der Waals surface area contributed by atoms with E-state index >= 15 is 0 Å². The molecule has 3 nitrogen and oxygen atoms in total. The van der Waals surface area contributed by atoms with Crippen LogP contribution < -0.4 is 5.32 Å². The number of carbonyl (C=O) groups is 1. The molecule has 0 aliphatic carbocycles. The number of esters is 1. The zero-order valence-corrected chi connectivity index (χ0v) is 11.9. The van der Waals surface area contributed by atoms with Gasteiger partial charge in [-0.1, -0.05) is 23.7 Å². The molecule has 1 N–H and O–H groups in total. The molecule has 110 valence electrons. The predicted molar refractivity (Wildman–Crippen MR) is 76.5 cm³/mol. The van der Waals surface area contributed by atoms with Crippen molar-refractivity contribution in [3.63, 3.8) is 0 Å². The number of rotatable bonds is 4. The molecule has 0 spiro atoms. The van der Waals surface area contributed by atoms with Gasteiger partial charge in [0, 0.05) is 17.1 Å². The Morgan fingerprint density at radius 2 is 2.05 bits per heavy atom. The van der Waals surface area contributed by atoms with Gasteiger partial charge < -0.3 is 10.1 Å². The second-order valence-corrected chi connectivity index (χ2v) is 4.68. The number of anilines is 1. The first-order chi connectivity index (χ1) is 10.0.